The number of nitrogens with zero attached hydrogens (tertiary/aromatic N) is 1. The Kier molecular flexibility index (Phi) is 11.5. The van der Waals surface area contributed by atoms with E-state index in [-0.39, 0.29) is 5.91 Å². The molecule has 17 heavy (non-hydrogen) atoms. The quantitative estimate of drug-likeness (QED) is 0.521. The topological polar surface area (TPSA) is 29.5 Å². The first-order chi connectivity index (χ1) is 8.26. The first-order valence-electron chi connectivity index (χ1n) is 7.11. The minimum absolute atomic E-state index is 0.253. The van der Waals surface area contributed by atoms with Crippen LogP contribution in [0.3, 0.4) is 0 Å². The Hall–Kier alpha value is -0.570. The van der Waals surface area contributed by atoms with Gasteiger partial charge < -0.3 is 9.64 Å². The summed E-state index contributed by atoms with van der Waals surface area (Å²) in [5.41, 5.74) is 0. The Balaban J connectivity index is 3.85. The summed E-state index contributed by atoms with van der Waals surface area (Å²) in [7, 11) is 0. The zero-order valence-corrected chi connectivity index (χ0v) is 11.8. The van der Waals surface area contributed by atoms with Crippen LogP contribution in [0.4, 0.5) is 0 Å². The second-order valence-electron chi connectivity index (χ2n) is 4.45. The van der Waals surface area contributed by atoms with Crippen LogP contribution in [0.2, 0.25) is 0 Å². The van der Waals surface area contributed by atoms with E-state index < -0.39 is 0 Å². The second-order valence-corrected chi connectivity index (χ2v) is 4.45. The molecule has 3 heteroatoms. The molecule has 0 saturated heterocycles. The lowest BCUT2D eigenvalue weighted by Crippen LogP contribution is -2.33. The van der Waals surface area contributed by atoms with E-state index in [0.717, 1.165) is 51.8 Å². The Morgan fingerprint density at radius 3 is 2.00 bits per heavy atom. The van der Waals surface area contributed by atoms with E-state index in [1.54, 1.807) is 0 Å². The fourth-order valence-corrected chi connectivity index (χ4v) is 1.62. The number of rotatable bonds is 11. The maximum absolute atomic E-state index is 12.0. The summed E-state index contributed by atoms with van der Waals surface area (Å²) in [5.74, 6) is 0.253. The fourth-order valence-electron chi connectivity index (χ4n) is 1.62. The molecule has 0 N–H and O–H groups in total. The van der Waals surface area contributed by atoms with Crippen molar-refractivity contribution in [3.8, 4) is 0 Å². The summed E-state index contributed by atoms with van der Waals surface area (Å²) in [6.45, 7) is 9.54. The van der Waals surface area contributed by atoms with Crippen LogP contribution in [0.15, 0.2) is 0 Å². The molecule has 0 heterocycles. The smallest absolute Gasteiger partial charge is 0.224 e. The van der Waals surface area contributed by atoms with E-state index in [4.69, 9.17) is 4.74 Å². The minimum Gasteiger partial charge on any atom is -0.381 e. The van der Waals surface area contributed by atoms with Crippen LogP contribution in [0, 0.1) is 0 Å². The van der Waals surface area contributed by atoms with E-state index in [0.29, 0.717) is 13.0 Å². The molecule has 102 valence electrons. The Bertz CT molecular complexity index is 175. The maximum Gasteiger partial charge on any atom is 0.224 e. The number of amides is 1. The minimum atomic E-state index is 0.253. The number of carbonyl (C=O) groups is 1. The molecule has 0 saturated carbocycles. The van der Waals surface area contributed by atoms with E-state index in [9.17, 15) is 4.79 Å². The largest absolute Gasteiger partial charge is 0.381 e. The Morgan fingerprint density at radius 2 is 1.53 bits per heavy atom. The molecule has 0 radical (unpaired) electrons. The number of unbranched alkanes of at least 4 members (excludes halogenated alkanes) is 2. The van der Waals surface area contributed by atoms with Gasteiger partial charge in [0.25, 0.3) is 0 Å². The highest BCUT2D eigenvalue weighted by atomic mass is 16.5. The molecule has 0 spiro atoms. The van der Waals surface area contributed by atoms with Crippen molar-refractivity contribution in [2.75, 3.05) is 26.3 Å². The van der Waals surface area contributed by atoms with Crippen molar-refractivity contribution in [2.45, 2.75) is 59.3 Å². The van der Waals surface area contributed by atoms with Crippen LogP contribution in [-0.4, -0.2) is 37.1 Å². The van der Waals surface area contributed by atoms with Gasteiger partial charge in [-0.2, -0.15) is 0 Å². The SMILES string of the molecule is CCCCN(CCCC)C(=O)CCOCCC. The van der Waals surface area contributed by atoms with Gasteiger partial charge in [0.15, 0.2) is 0 Å². The molecule has 0 aromatic rings. The van der Waals surface area contributed by atoms with Gasteiger partial charge in [-0.1, -0.05) is 33.6 Å². The molecule has 0 aromatic carbocycles. The molecule has 0 fully saturated rings. The molecule has 0 unspecified atom stereocenters. The van der Waals surface area contributed by atoms with Crippen molar-refractivity contribution >= 4 is 5.91 Å². The molecule has 1 amide bonds. The van der Waals surface area contributed by atoms with Crippen molar-refractivity contribution in [1.29, 1.82) is 0 Å². The lowest BCUT2D eigenvalue weighted by Gasteiger charge is -2.22. The number of carbonyl (C=O) groups excluding carboxylic acids is 1. The van der Waals surface area contributed by atoms with Crippen molar-refractivity contribution in [3.05, 3.63) is 0 Å². The van der Waals surface area contributed by atoms with Crippen LogP contribution < -0.4 is 0 Å². The molecule has 0 bridgehead atoms. The predicted octanol–water partition coefficient (Wildman–Crippen LogP) is 3.23. The van der Waals surface area contributed by atoms with Gasteiger partial charge in [0.2, 0.25) is 5.91 Å². The van der Waals surface area contributed by atoms with Crippen molar-refractivity contribution in [2.24, 2.45) is 0 Å². The van der Waals surface area contributed by atoms with Crippen LogP contribution >= 0.6 is 0 Å². The van der Waals surface area contributed by atoms with Gasteiger partial charge in [-0.25, -0.2) is 0 Å². The molecule has 0 aliphatic heterocycles. The van der Waals surface area contributed by atoms with Gasteiger partial charge in [0.1, 0.15) is 0 Å². The number of hydrogen-bond donors (Lipinski definition) is 0. The van der Waals surface area contributed by atoms with E-state index in [1.165, 1.54) is 0 Å². The lowest BCUT2D eigenvalue weighted by molar-refractivity contribution is -0.132. The highest BCUT2D eigenvalue weighted by Gasteiger charge is 2.11. The fraction of sp³-hybridized carbons (Fsp3) is 0.929. The lowest BCUT2D eigenvalue weighted by atomic mass is 10.2. The summed E-state index contributed by atoms with van der Waals surface area (Å²) >= 11 is 0. The standard InChI is InChI=1S/C14H29NO2/c1-4-7-10-15(11-8-5-2)14(16)9-13-17-12-6-3/h4-13H2,1-3H3. The average Bonchev–Trinajstić information content (AvgIpc) is 2.34. The molecule has 0 rings (SSSR count). The van der Waals surface area contributed by atoms with Gasteiger partial charge in [0, 0.05) is 19.7 Å². The normalized spacial score (nSPS) is 10.5. The highest BCUT2D eigenvalue weighted by molar-refractivity contribution is 5.76. The molecular formula is C14H29NO2. The molecule has 0 aliphatic carbocycles. The third kappa shape index (κ3) is 9.16. The van der Waals surface area contributed by atoms with Gasteiger partial charge >= 0.3 is 0 Å². The van der Waals surface area contributed by atoms with Crippen molar-refractivity contribution in [1.82, 2.24) is 4.90 Å². The van der Waals surface area contributed by atoms with Gasteiger partial charge in [-0.15, -0.1) is 0 Å². The van der Waals surface area contributed by atoms with Gasteiger partial charge in [0.05, 0.1) is 13.0 Å². The third-order valence-corrected chi connectivity index (χ3v) is 2.72. The molecule has 0 aliphatic rings. The zero-order chi connectivity index (χ0) is 12.9. The molecular weight excluding hydrogens is 214 g/mol. The summed E-state index contributed by atoms with van der Waals surface area (Å²) < 4.78 is 5.37. The van der Waals surface area contributed by atoms with Crippen LogP contribution in [0.25, 0.3) is 0 Å². The predicted molar refractivity (Wildman–Crippen MR) is 72.1 cm³/mol. The highest BCUT2D eigenvalue weighted by Crippen LogP contribution is 2.02. The maximum atomic E-state index is 12.0. The van der Waals surface area contributed by atoms with Crippen molar-refractivity contribution in [3.63, 3.8) is 0 Å². The summed E-state index contributed by atoms with van der Waals surface area (Å²) in [5, 5.41) is 0. The Morgan fingerprint density at radius 1 is 0.941 bits per heavy atom. The zero-order valence-electron chi connectivity index (χ0n) is 11.8. The first-order valence-corrected chi connectivity index (χ1v) is 7.11. The van der Waals surface area contributed by atoms with Crippen LogP contribution in [0.1, 0.15) is 59.3 Å². The summed E-state index contributed by atoms with van der Waals surface area (Å²) in [4.78, 5) is 14.0. The summed E-state index contributed by atoms with van der Waals surface area (Å²) in [6, 6.07) is 0. The van der Waals surface area contributed by atoms with Gasteiger partial charge in [-0.05, 0) is 19.3 Å². The van der Waals surface area contributed by atoms with Crippen LogP contribution in [0.5, 0.6) is 0 Å². The summed E-state index contributed by atoms with van der Waals surface area (Å²) in [6.07, 6.45) is 6.04. The van der Waals surface area contributed by atoms with E-state index in [2.05, 4.69) is 20.8 Å². The van der Waals surface area contributed by atoms with E-state index in [1.807, 2.05) is 4.90 Å². The molecule has 0 atom stereocenters. The third-order valence-electron chi connectivity index (χ3n) is 2.72. The van der Waals surface area contributed by atoms with Crippen LogP contribution in [-0.2, 0) is 9.53 Å². The molecule has 3 nitrogen and oxygen atoms in total. The first kappa shape index (κ1) is 16.4. The second kappa shape index (κ2) is 11.9. The number of ether oxygens (including phenoxy) is 1. The Labute approximate surface area is 107 Å². The van der Waals surface area contributed by atoms with E-state index >= 15 is 0 Å². The van der Waals surface area contributed by atoms with Gasteiger partial charge in [-0.3, -0.25) is 4.79 Å². The average molecular weight is 243 g/mol. The monoisotopic (exact) mass is 243 g/mol. The van der Waals surface area contributed by atoms with Crippen molar-refractivity contribution < 1.29 is 9.53 Å². The number of hydrogen-bond acceptors (Lipinski definition) is 2. The molecule has 0 aromatic heterocycles.